The fraction of sp³-hybridized carbons (Fsp3) is 0.690. The average molecular weight is 529 g/mol. The zero-order chi connectivity index (χ0) is 27.1. The van der Waals surface area contributed by atoms with Crippen molar-refractivity contribution in [3.8, 4) is 0 Å². The number of carbonyl (C=O) groups excluding carboxylic acids is 3. The molecule has 1 spiro atoms. The number of likely N-dealkylation sites (tertiary alicyclic amines) is 1. The lowest BCUT2D eigenvalue weighted by Crippen LogP contribution is -2.60. The van der Waals surface area contributed by atoms with Crippen molar-refractivity contribution in [1.29, 1.82) is 0 Å². The number of carbonyl (C=O) groups is 3. The van der Waals surface area contributed by atoms with E-state index in [1.807, 2.05) is 31.7 Å². The molecule has 208 valence electrons. The largest absolute Gasteiger partial charge is 0.444 e. The highest BCUT2D eigenvalue weighted by Gasteiger charge is 2.48. The molecule has 38 heavy (non-hydrogen) atoms. The quantitative estimate of drug-likeness (QED) is 0.597. The zero-order valence-electron chi connectivity index (χ0n) is 22.9. The normalized spacial score (nSPS) is 24.8. The molecule has 3 aliphatic heterocycles. The van der Waals surface area contributed by atoms with Crippen LogP contribution in [-0.2, 0) is 14.3 Å². The van der Waals surface area contributed by atoms with E-state index in [1.165, 1.54) is 31.7 Å². The second-order valence-corrected chi connectivity index (χ2v) is 12.8. The van der Waals surface area contributed by atoms with Gasteiger partial charge in [0, 0.05) is 57.6 Å². The first kappa shape index (κ1) is 26.9. The molecule has 3 amide bonds. The number of piperidine rings is 1. The molecular weight excluding hydrogens is 487 g/mol. The van der Waals surface area contributed by atoms with E-state index >= 15 is 4.39 Å². The molecule has 5 rings (SSSR count). The van der Waals surface area contributed by atoms with Crippen molar-refractivity contribution >= 4 is 23.6 Å². The van der Waals surface area contributed by atoms with Gasteiger partial charge in [-0.25, -0.2) is 9.18 Å². The summed E-state index contributed by atoms with van der Waals surface area (Å²) in [5.74, 6) is -0.704. The number of hydrogen-bond donors (Lipinski definition) is 1. The van der Waals surface area contributed by atoms with Crippen LogP contribution < -0.4 is 10.2 Å². The fourth-order valence-corrected chi connectivity index (χ4v) is 6.55. The predicted molar refractivity (Wildman–Crippen MR) is 142 cm³/mol. The fourth-order valence-electron chi connectivity index (χ4n) is 6.55. The molecule has 1 unspecified atom stereocenters. The number of hydrogen-bond acceptors (Lipinski definition) is 6. The third-order valence-electron chi connectivity index (χ3n) is 8.71. The van der Waals surface area contributed by atoms with Gasteiger partial charge >= 0.3 is 6.09 Å². The minimum absolute atomic E-state index is 0.190. The number of nitrogens with one attached hydrogen (secondary N) is 1. The number of anilines is 1. The van der Waals surface area contributed by atoms with Gasteiger partial charge in [-0.05, 0) is 76.5 Å². The van der Waals surface area contributed by atoms with Crippen molar-refractivity contribution in [2.24, 2.45) is 11.3 Å². The molecule has 1 saturated carbocycles. The van der Waals surface area contributed by atoms with Crippen LogP contribution in [0.3, 0.4) is 0 Å². The Kier molecular flexibility index (Phi) is 7.42. The molecular formula is C29H41FN4O4. The van der Waals surface area contributed by atoms with Crippen LogP contribution in [0.5, 0.6) is 0 Å². The monoisotopic (exact) mass is 528 g/mol. The Morgan fingerprint density at radius 1 is 1.08 bits per heavy atom. The van der Waals surface area contributed by atoms with Gasteiger partial charge in [0.2, 0.25) is 11.8 Å². The SMILES string of the molecule is CC(C)(C)OC(=O)N1CC2(CCC(CN3CCN(c4ccc(C5CCC(=O)NC5=O)cc4F)CC3)CC2)C1. The lowest BCUT2D eigenvalue weighted by Gasteiger charge is -2.53. The number of amides is 3. The number of piperazine rings is 1. The first-order valence-corrected chi connectivity index (χ1v) is 14.1. The van der Waals surface area contributed by atoms with E-state index in [0.717, 1.165) is 45.8 Å². The Morgan fingerprint density at radius 2 is 1.76 bits per heavy atom. The van der Waals surface area contributed by atoms with Crippen LogP contribution in [0.1, 0.15) is 70.8 Å². The molecule has 1 N–H and O–H groups in total. The second kappa shape index (κ2) is 10.5. The van der Waals surface area contributed by atoms with E-state index < -0.39 is 11.5 Å². The van der Waals surface area contributed by atoms with Gasteiger partial charge in [-0.2, -0.15) is 0 Å². The first-order chi connectivity index (χ1) is 18.0. The Balaban J connectivity index is 1.05. The summed E-state index contributed by atoms with van der Waals surface area (Å²) in [6, 6.07) is 5.07. The van der Waals surface area contributed by atoms with Gasteiger partial charge in [0.1, 0.15) is 11.4 Å². The minimum atomic E-state index is -0.469. The summed E-state index contributed by atoms with van der Waals surface area (Å²) in [5.41, 5.74) is 1.04. The second-order valence-electron chi connectivity index (χ2n) is 12.8. The predicted octanol–water partition coefficient (Wildman–Crippen LogP) is 3.90. The van der Waals surface area contributed by atoms with E-state index in [4.69, 9.17) is 4.74 Å². The van der Waals surface area contributed by atoms with Crippen LogP contribution in [-0.4, -0.2) is 79.1 Å². The third kappa shape index (κ3) is 5.98. The summed E-state index contributed by atoms with van der Waals surface area (Å²) in [7, 11) is 0. The van der Waals surface area contributed by atoms with Gasteiger partial charge in [-0.1, -0.05) is 6.07 Å². The Hall–Kier alpha value is -2.68. The van der Waals surface area contributed by atoms with Crippen LogP contribution in [0, 0.1) is 17.2 Å². The smallest absolute Gasteiger partial charge is 0.410 e. The van der Waals surface area contributed by atoms with Crippen molar-refractivity contribution < 1.29 is 23.5 Å². The molecule has 0 aromatic heterocycles. The van der Waals surface area contributed by atoms with Crippen molar-refractivity contribution in [3.05, 3.63) is 29.6 Å². The van der Waals surface area contributed by atoms with E-state index in [9.17, 15) is 14.4 Å². The maximum Gasteiger partial charge on any atom is 0.410 e. The van der Waals surface area contributed by atoms with Crippen LogP contribution in [0.15, 0.2) is 18.2 Å². The highest BCUT2D eigenvalue weighted by molar-refractivity contribution is 6.00. The van der Waals surface area contributed by atoms with E-state index in [2.05, 4.69) is 15.1 Å². The maximum absolute atomic E-state index is 15.0. The molecule has 1 aromatic carbocycles. The van der Waals surface area contributed by atoms with Gasteiger partial charge in [0.15, 0.2) is 0 Å². The molecule has 1 aromatic rings. The highest BCUT2D eigenvalue weighted by Crippen LogP contribution is 2.46. The number of imide groups is 1. The Morgan fingerprint density at radius 3 is 2.37 bits per heavy atom. The molecule has 3 saturated heterocycles. The van der Waals surface area contributed by atoms with Gasteiger partial charge in [-0.15, -0.1) is 0 Å². The molecule has 4 aliphatic rings. The number of halogens is 1. The van der Waals surface area contributed by atoms with Crippen molar-refractivity contribution in [2.45, 2.75) is 70.8 Å². The zero-order valence-corrected chi connectivity index (χ0v) is 22.9. The number of ether oxygens (including phenoxy) is 1. The Labute approximate surface area is 224 Å². The molecule has 0 radical (unpaired) electrons. The third-order valence-corrected chi connectivity index (χ3v) is 8.71. The van der Waals surface area contributed by atoms with Crippen LogP contribution in [0.2, 0.25) is 0 Å². The molecule has 8 nitrogen and oxygen atoms in total. The molecule has 4 fully saturated rings. The number of rotatable bonds is 4. The van der Waals surface area contributed by atoms with Crippen LogP contribution in [0.25, 0.3) is 0 Å². The Bertz CT molecular complexity index is 1060. The van der Waals surface area contributed by atoms with Crippen LogP contribution >= 0.6 is 0 Å². The standard InChI is InChI=1S/C29H41FN4O4/c1-28(2,3)38-27(37)34-18-29(19-34)10-8-20(9-11-29)17-32-12-14-33(15-13-32)24-6-4-21(16-23(24)30)22-5-7-25(35)31-26(22)36/h4,6,16,20,22H,5,7-15,17-19H2,1-3H3,(H,31,35,36). The van der Waals surface area contributed by atoms with E-state index in [-0.39, 0.29) is 35.6 Å². The van der Waals surface area contributed by atoms with Gasteiger partial charge in [-0.3, -0.25) is 19.8 Å². The lowest BCUT2D eigenvalue weighted by atomic mass is 9.66. The number of nitrogens with zero attached hydrogens (tertiary/aromatic N) is 3. The van der Waals surface area contributed by atoms with Crippen molar-refractivity contribution in [2.75, 3.05) is 50.7 Å². The summed E-state index contributed by atoms with van der Waals surface area (Å²) < 4.78 is 20.6. The van der Waals surface area contributed by atoms with Gasteiger partial charge in [0.25, 0.3) is 0 Å². The highest BCUT2D eigenvalue weighted by atomic mass is 19.1. The van der Waals surface area contributed by atoms with Crippen LogP contribution in [0.4, 0.5) is 14.9 Å². The summed E-state index contributed by atoms with van der Waals surface area (Å²) in [5, 5.41) is 2.35. The van der Waals surface area contributed by atoms with Crippen molar-refractivity contribution in [1.82, 2.24) is 15.1 Å². The molecule has 1 atom stereocenters. The van der Waals surface area contributed by atoms with Gasteiger partial charge in [0.05, 0.1) is 11.6 Å². The lowest BCUT2D eigenvalue weighted by molar-refractivity contribution is -0.134. The topological polar surface area (TPSA) is 82.2 Å². The molecule has 0 bridgehead atoms. The van der Waals surface area contributed by atoms with Crippen molar-refractivity contribution in [3.63, 3.8) is 0 Å². The summed E-state index contributed by atoms with van der Waals surface area (Å²) >= 11 is 0. The summed E-state index contributed by atoms with van der Waals surface area (Å²) in [6.07, 6.45) is 5.24. The molecule has 1 aliphatic carbocycles. The average Bonchev–Trinajstić information content (AvgIpc) is 2.83. The number of benzene rings is 1. The van der Waals surface area contributed by atoms with Gasteiger partial charge < -0.3 is 14.5 Å². The van der Waals surface area contributed by atoms with E-state index in [0.29, 0.717) is 23.6 Å². The minimum Gasteiger partial charge on any atom is -0.444 e. The molecule has 9 heteroatoms. The summed E-state index contributed by atoms with van der Waals surface area (Å²) in [4.78, 5) is 42.3. The maximum atomic E-state index is 15.0. The first-order valence-electron chi connectivity index (χ1n) is 14.1. The summed E-state index contributed by atoms with van der Waals surface area (Å²) in [6.45, 7) is 11.8. The molecule has 3 heterocycles. The van der Waals surface area contributed by atoms with E-state index in [1.54, 1.807) is 6.07 Å².